The molecule has 152 valence electrons. The average Bonchev–Trinajstić information content (AvgIpc) is 3.24. The number of methoxy groups -OCH3 is 1. The summed E-state index contributed by atoms with van der Waals surface area (Å²) < 4.78 is 5.26. The molecule has 7 nitrogen and oxygen atoms in total. The molecule has 0 spiro atoms. The second-order valence-electron chi connectivity index (χ2n) is 7.97. The van der Waals surface area contributed by atoms with Crippen molar-refractivity contribution in [3.8, 4) is 5.75 Å². The highest BCUT2D eigenvalue weighted by Gasteiger charge is 2.49. The molecule has 3 heterocycles. The van der Waals surface area contributed by atoms with Gasteiger partial charge in [0, 0.05) is 44.1 Å². The zero-order valence-electron chi connectivity index (χ0n) is 17.3. The summed E-state index contributed by atoms with van der Waals surface area (Å²) in [6, 6.07) is 9.59. The van der Waals surface area contributed by atoms with Crippen molar-refractivity contribution in [2.45, 2.75) is 26.8 Å². The Morgan fingerprint density at radius 3 is 2.41 bits per heavy atom. The van der Waals surface area contributed by atoms with Gasteiger partial charge < -0.3 is 14.5 Å². The maximum absolute atomic E-state index is 13.1. The molecule has 0 aliphatic carbocycles. The normalized spacial score (nSPS) is 23.2. The molecule has 0 N–H and O–H groups in total. The number of aryl methyl sites for hydroxylation is 2. The molecule has 0 saturated carbocycles. The molecular formula is C22H26N4O3. The van der Waals surface area contributed by atoms with Gasteiger partial charge in [0.15, 0.2) is 0 Å². The second-order valence-corrected chi connectivity index (χ2v) is 7.97. The van der Waals surface area contributed by atoms with Gasteiger partial charge in [0.2, 0.25) is 5.91 Å². The monoisotopic (exact) mass is 394 g/mol. The van der Waals surface area contributed by atoms with E-state index in [2.05, 4.69) is 9.97 Å². The van der Waals surface area contributed by atoms with Crippen LogP contribution in [0, 0.1) is 25.7 Å². The van der Waals surface area contributed by atoms with Crippen LogP contribution in [0.15, 0.2) is 30.3 Å². The number of fused-ring (bicyclic) bond motifs is 1. The maximum Gasteiger partial charge on any atom is 0.272 e. The van der Waals surface area contributed by atoms with E-state index in [1.807, 2.05) is 41.0 Å². The maximum atomic E-state index is 13.1. The molecule has 2 fully saturated rings. The molecule has 1 aromatic heterocycles. The van der Waals surface area contributed by atoms with Gasteiger partial charge in [-0.15, -0.1) is 0 Å². The number of likely N-dealkylation sites (tertiary alicyclic amines) is 2. The van der Waals surface area contributed by atoms with Gasteiger partial charge in [0.1, 0.15) is 17.3 Å². The molecular weight excluding hydrogens is 368 g/mol. The summed E-state index contributed by atoms with van der Waals surface area (Å²) in [5.74, 6) is 1.87. The molecule has 2 saturated heterocycles. The first kappa shape index (κ1) is 19.4. The number of hydrogen-bond donors (Lipinski definition) is 0. The van der Waals surface area contributed by atoms with Crippen LogP contribution < -0.4 is 4.74 Å². The van der Waals surface area contributed by atoms with Crippen molar-refractivity contribution in [1.82, 2.24) is 19.8 Å². The van der Waals surface area contributed by atoms with Gasteiger partial charge in [0.05, 0.1) is 13.2 Å². The Hall–Kier alpha value is -2.96. The smallest absolute Gasteiger partial charge is 0.272 e. The standard InChI is InChI=1S/C22H26N4O3/c1-13-9-20(24-14(2)23-13)22(28)25-10-17-11-26(15(3)27)21(19(17)12-25)16-5-7-18(29-4)8-6-16/h5-9,17,19,21H,10-12H2,1-4H3/t17-,19-,21+/m1/s1. The van der Waals surface area contributed by atoms with Crippen molar-refractivity contribution >= 4 is 11.8 Å². The van der Waals surface area contributed by atoms with E-state index in [1.165, 1.54) is 0 Å². The molecule has 4 rings (SSSR count). The van der Waals surface area contributed by atoms with E-state index in [0.717, 1.165) is 17.0 Å². The number of nitrogens with zero attached hydrogens (tertiary/aromatic N) is 4. The largest absolute Gasteiger partial charge is 0.497 e. The molecule has 0 unspecified atom stereocenters. The fourth-order valence-electron chi connectivity index (χ4n) is 4.75. The highest BCUT2D eigenvalue weighted by Crippen LogP contribution is 2.45. The minimum Gasteiger partial charge on any atom is -0.497 e. The van der Waals surface area contributed by atoms with Crippen LogP contribution in [0.1, 0.15) is 40.5 Å². The van der Waals surface area contributed by atoms with E-state index < -0.39 is 0 Å². The van der Waals surface area contributed by atoms with Gasteiger partial charge in [-0.05, 0) is 37.6 Å². The van der Waals surface area contributed by atoms with Gasteiger partial charge in [-0.1, -0.05) is 12.1 Å². The van der Waals surface area contributed by atoms with Crippen LogP contribution in [-0.2, 0) is 4.79 Å². The zero-order valence-corrected chi connectivity index (χ0v) is 17.3. The number of aromatic nitrogens is 2. The van der Waals surface area contributed by atoms with Crippen molar-refractivity contribution in [3.05, 3.63) is 53.1 Å². The van der Waals surface area contributed by atoms with Crippen molar-refractivity contribution < 1.29 is 14.3 Å². The summed E-state index contributed by atoms with van der Waals surface area (Å²) >= 11 is 0. The molecule has 29 heavy (non-hydrogen) atoms. The first-order chi connectivity index (χ1) is 13.9. The molecule has 1 aromatic carbocycles. The highest BCUT2D eigenvalue weighted by atomic mass is 16.5. The lowest BCUT2D eigenvalue weighted by Crippen LogP contribution is -2.36. The zero-order chi connectivity index (χ0) is 20.7. The number of benzene rings is 1. The number of ether oxygens (including phenoxy) is 1. The molecule has 3 atom stereocenters. The number of carbonyl (C=O) groups excluding carboxylic acids is 2. The van der Waals surface area contributed by atoms with E-state index in [4.69, 9.17) is 4.74 Å². The Morgan fingerprint density at radius 2 is 1.79 bits per heavy atom. The predicted octanol–water partition coefficient (Wildman–Crippen LogP) is 2.39. The summed E-state index contributed by atoms with van der Waals surface area (Å²) in [7, 11) is 1.64. The molecule has 2 aliphatic heterocycles. The highest BCUT2D eigenvalue weighted by molar-refractivity contribution is 5.92. The molecule has 0 radical (unpaired) electrons. The number of rotatable bonds is 3. The average molecular weight is 394 g/mol. The second kappa shape index (κ2) is 7.46. The molecule has 2 amide bonds. The Labute approximate surface area is 170 Å². The van der Waals surface area contributed by atoms with Crippen molar-refractivity contribution in [2.75, 3.05) is 26.7 Å². The SMILES string of the molecule is COc1ccc([C@H]2[C@@H]3CN(C(=O)c4cc(C)nc(C)n4)C[C@@H]3CN2C(C)=O)cc1. The van der Waals surface area contributed by atoms with E-state index in [9.17, 15) is 9.59 Å². The lowest BCUT2D eigenvalue weighted by atomic mass is 9.89. The molecule has 0 bridgehead atoms. The van der Waals surface area contributed by atoms with Gasteiger partial charge in [0.25, 0.3) is 5.91 Å². The van der Waals surface area contributed by atoms with Crippen molar-refractivity contribution in [3.63, 3.8) is 0 Å². The topological polar surface area (TPSA) is 75.6 Å². The van der Waals surface area contributed by atoms with Gasteiger partial charge >= 0.3 is 0 Å². The Morgan fingerprint density at radius 1 is 1.07 bits per heavy atom. The Balaban J connectivity index is 1.59. The van der Waals surface area contributed by atoms with E-state index in [0.29, 0.717) is 31.2 Å². The summed E-state index contributed by atoms with van der Waals surface area (Å²) in [4.78, 5) is 37.8. The van der Waals surface area contributed by atoms with Crippen LogP contribution in [0.2, 0.25) is 0 Å². The lowest BCUT2D eigenvalue weighted by Gasteiger charge is -2.29. The predicted molar refractivity (Wildman–Crippen MR) is 108 cm³/mol. The minimum atomic E-state index is -0.0594. The number of carbonyl (C=O) groups is 2. The van der Waals surface area contributed by atoms with Crippen molar-refractivity contribution in [2.24, 2.45) is 11.8 Å². The van der Waals surface area contributed by atoms with Crippen LogP contribution in [-0.4, -0.2) is 58.3 Å². The van der Waals surface area contributed by atoms with E-state index >= 15 is 0 Å². The Bertz CT molecular complexity index is 923. The first-order valence-electron chi connectivity index (χ1n) is 9.90. The lowest BCUT2D eigenvalue weighted by molar-refractivity contribution is -0.130. The summed E-state index contributed by atoms with van der Waals surface area (Å²) in [6.07, 6.45) is 0. The van der Waals surface area contributed by atoms with E-state index in [-0.39, 0.29) is 29.7 Å². The van der Waals surface area contributed by atoms with Crippen LogP contribution in [0.25, 0.3) is 0 Å². The fraction of sp³-hybridized carbons (Fsp3) is 0.455. The minimum absolute atomic E-state index is 0.0323. The van der Waals surface area contributed by atoms with Crippen molar-refractivity contribution in [1.29, 1.82) is 0 Å². The van der Waals surface area contributed by atoms with Crippen LogP contribution in [0.4, 0.5) is 0 Å². The molecule has 2 aliphatic rings. The third kappa shape index (κ3) is 3.57. The third-order valence-electron chi connectivity index (χ3n) is 6.00. The first-order valence-corrected chi connectivity index (χ1v) is 9.90. The number of amides is 2. The molecule has 7 heteroatoms. The van der Waals surface area contributed by atoms with Gasteiger partial charge in [-0.2, -0.15) is 0 Å². The number of hydrogen-bond acceptors (Lipinski definition) is 5. The summed E-state index contributed by atoms with van der Waals surface area (Å²) in [5.41, 5.74) is 2.31. The Kier molecular flexibility index (Phi) is 4.98. The van der Waals surface area contributed by atoms with Crippen LogP contribution >= 0.6 is 0 Å². The fourth-order valence-corrected chi connectivity index (χ4v) is 4.75. The third-order valence-corrected chi connectivity index (χ3v) is 6.00. The van der Waals surface area contributed by atoms with Crippen LogP contribution in [0.5, 0.6) is 5.75 Å². The van der Waals surface area contributed by atoms with Crippen LogP contribution in [0.3, 0.4) is 0 Å². The van der Waals surface area contributed by atoms with E-state index in [1.54, 1.807) is 27.0 Å². The quantitative estimate of drug-likeness (QED) is 0.799. The summed E-state index contributed by atoms with van der Waals surface area (Å²) in [5, 5.41) is 0. The van der Waals surface area contributed by atoms with Gasteiger partial charge in [-0.25, -0.2) is 9.97 Å². The van der Waals surface area contributed by atoms with Gasteiger partial charge in [-0.3, -0.25) is 9.59 Å². The summed E-state index contributed by atoms with van der Waals surface area (Å²) in [6.45, 7) is 7.21. The molecule has 2 aromatic rings.